The van der Waals surface area contributed by atoms with Gasteiger partial charge in [0.2, 0.25) is 0 Å². The van der Waals surface area contributed by atoms with Crippen LogP contribution in [-0.2, 0) is 0 Å². The molecule has 1 aromatic rings. The Hall–Kier alpha value is -1.15. The second-order valence-corrected chi connectivity index (χ2v) is 5.10. The quantitative estimate of drug-likeness (QED) is 0.662. The predicted octanol–water partition coefficient (Wildman–Crippen LogP) is 5.26. The number of halogens is 2. The Balaban J connectivity index is 2.40. The van der Waals surface area contributed by atoms with Crippen LogP contribution in [0.5, 0.6) is 0 Å². The van der Waals surface area contributed by atoms with E-state index in [0.29, 0.717) is 0 Å². The molecule has 0 saturated carbocycles. The molecule has 2 heteroatoms. The van der Waals surface area contributed by atoms with Crippen molar-refractivity contribution in [2.45, 2.75) is 20.3 Å². The van der Waals surface area contributed by atoms with E-state index in [1.165, 1.54) is 17.2 Å². The standard InChI is InChI=1S/C15H14BrF/c1-10-11(2)15(16)7-6-13(10)8-12-4-3-5-14(17)9-12/h3,5-9H,4H2,1-2H3/b12-8+. The van der Waals surface area contributed by atoms with Gasteiger partial charge in [-0.1, -0.05) is 34.1 Å². The van der Waals surface area contributed by atoms with Gasteiger partial charge in [-0.3, -0.25) is 0 Å². The fourth-order valence-corrected chi connectivity index (χ4v) is 2.29. The third-order valence-corrected chi connectivity index (χ3v) is 3.92. The molecule has 0 aliphatic heterocycles. The van der Waals surface area contributed by atoms with Crippen molar-refractivity contribution in [1.82, 2.24) is 0 Å². The highest BCUT2D eigenvalue weighted by atomic mass is 79.9. The van der Waals surface area contributed by atoms with Crippen LogP contribution in [0.3, 0.4) is 0 Å². The molecular weight excluding hydrogens is 279 g/mol. The highest BCUT2D eigenvalue weighted by Crippen LogP contribution is 2.26. The van der Waals surface area contributed by atoms with Crippen LogP contribution >= 0.6 is 15.9 Å². The van der Waals surface area contributed by atoms with E-state index in [4.69, 9.17) is 0 Å². The Bertz CT molecular complexity index is 536. The van der Waals surface area contributed by atoms with E-state index in [1.807, 2.05) is 12.1 Å². The zero-order valence-corrected chi connectivity index (χ0v) is 11.5. The molecule has 17 heavy (non-hydrogen) atoms. The summed E-state index contributed by atoms with van der Waals surface area (Å²) < 4.78 is 14.2. The number of rotatable bonds is 1. The Morgan fingerprint density at radius 1 is 1.24 bits per heavy atom. The molecule has 0 heterocycles. The minimum atomic E-state index is -0.172. The first kappa shape index (κ1) is 12.3. The Kier molecular flexibility index (Phi) is 3.63. The normalized spacial score (nSPS) is 17.4. The highest BCUT2D eigenvalue weighted by molar-refractivity contribution is 9.10. The molecular formula is C15H14BrF. The predicted molar refractivity (Wildman–Crippen MR) is 74.5 cm³/mol. The highest BCUT2D eigenvalue weighted by Gasteiger charge is 2.05. The largest absolute Gasteiger partial charge is 0.207 e. The summed E-state index contributed by atoms with van der Waals surface area (Å²) in [5.74, 6) is -0.172. The summed E-state index contributed by atoms with van der Waals surface area (Å²) in [5.41, 5.74) is 4.63. The van der Waals surface area contributed by atoms with Crippen LogP contribution < -0.4 is 0 Å². The fourth-order valence-electron chi connectivity index (χ4n) is 1.86. The summed E-state index contributed by atoms with van der Waals surface area (Å²) in [6, 6.07) is 4.09. The van der Waals surface area contributed by atoms with Gasteiger partial charge in [0, 0.05) is 4.47 Å². The summed E-state index contributed by atoms with van der Waals surface area (Å²) >= 11 is 3.51. The van der Waals surface area contributed by atoms with Crippen molar-refractivity contribution in [1.29, 1.82) is 0 Å². The van der Waals surface area contributed by atoms with E-state index in [1.54, 1.807) is 6.08 Å². The van der Waals surface area contributed by atoms with Gasteiger partial charge in [0.05, 0.1) is 0 Å². The molecule has 0 amide bonds. The van der Waals surface area contributed by atoms with Gasteiger partial charge in [0.1, 0.15) is 5.83 Å². The van der Waals surface area contributed by atoms with Crippen LogP contribution in [0.25, 0.3) is 6.08 Å². The van der Waals surface area contributed by atoms with Crippen LogP contribution in [-0.4, -0.2) is 0 Å². The Morgan fingerprint density at radius 2 is 2.00 bits per heavy atom. The summed E-state index contributed by atoms with van der Waals surface area (Å²) in [7, 11) is 0. The van der Waals surface area contributed by atoms with Crippen LogP contribution in [0.15, 0.2) is 46.2 Å². The number of allylic oxidation sites excluding steroid dienone is 5. The lowest BCUT2D eigenvalue weighted by molar-refractivity contribution is 0.662. The third kappa shape index (κ3) is 2.75. The van der Waals surface area contributed by atoms with Crippen molar-refractivity contribution < 1.29 is 4.39 Å². The maximum atomic E-state index is 13.1. The second kappa shape index (κ2) is 5.01. The minimum Gasteiger partial charge on any atom is -0.207 e. The van der Waals surface area contributed by atoms with Crippen LogP contribution in [0.4, 0.5) is 4.39 Å². The van der Waals surface area contributed by atoms with Gasteiger partial charge < -0.3 is 0 Å². The molecule has 0 saturated heterocycles. The van der Waals surface area contributed by atoms with Crippen LogP contribution in [0, 0.1) is 13.8 Å². The fraction of sp³-hybridized carbons (Fsp3) is 0.200. The molecule has 2 rings (SSSR count). The van der Waals surface area contributed by atoms with Gasteiger partial charge in [-0.25, -0.2) is 4.39 Å². The lowest BCUT2D eigenvalue weighted by Gasteiger charge is -2.09. The molecule has 0 radical (unpaired) electrons. The number of benzene rings is 1. The zero-order chi connectivity index (χ0) is 12.4. The number of hydrogen-bond acceptors (Lipinski definition) is 0. The third-order valence-electron chi connectivity index (χ3n) is 3.06. The maximum Gasteiger partial charge on any atom is 0.123 e. The van der Waals surface area contributed by atoms with Gasteiger partial charge in [-0.05, 0) is 60.8 Å². The van der Waals surface area contributed by atoms with E-state index < -0.39 is 0 Å². The van der Waals surface area contributed by atoms with E-state index >= 15 is 0 Å². The molecule has 0 aromatic heterocycles. The molecule has 0 spiro atoms. The maximum absolute atomic E-state index is 13.1. The van der Waals surface area contributed by atoms with E-state index in [0.717, 1.165) is 22.0 Å². The summed E-state index contributed by atoms with van der Waals surface area (Å²) in [4.78, 5) is 0. The van der Waals surface area contributed by atoms with Crippen molar-refractivity contribution in [2.24, 2.45) is 0 Å². The Labute approximate surface area is 110 Å². The van der Waals surface area contributed by atoms with Gasteiger partial charge in [0.25, 0.3) is 0 Å². The van der Waals surface area contributed by atoms with Crippen LogP contribution in [0.2, 0.25) is 0 Å². The SMILES string of the molecule is Cc1c(Br)ccc(/C=C2/C=C(F)C=CC2)c1C. The van der Waals surface area contributed by atoms with E-state index in [9.17, 15) is 4.39 Å². The molecule has 0 unspecified atom stereocenters. The average Bonchev–Trinajstić information content (AvgIpc) is 2.30. The topological polar surface area (TPSA) is 0 Å². The molecule has 1 aliphatic carbocycles. The smallest absolute Gasteiger partial charge is 0.123 e. The summed E-state index contributed by atoms with van der Waals surface area (Å²) in [6.07, 6.45) is 7.80. The second-order valence-electron chi connectivity index (χ2n) is 4.24. The van der Waals surface area contributed by atoms with E-state index in [2.05, 4.69) is 41.9 Å². The first-order chi connectivity index (χ1) is 8.08. The molecule has 0 N–H and O–H groups in total. The molecule has 0 bridgehead atoms. The van der Waals surface area contributed by atoms with Crippen molar-refractivity contribution in [2.75, 3.05) is 0 Å². The molecule has 0 atom stereocenters. The van der Waals surface area contributed by atoms with E-state index in [-0.39, 0.29) is 5.83 Å². The van der Waals surface area contributed by atoms with Crippen LogP contribution in [0.1, 0.15) is 23.1 Å². The monoisotopic (exact) mass is 292 g/mol. The Morgan fingerprint density at radius 3 is 2.71 bits per heavy atom. The van der Waals surface area contributed by atoms with Crippen molar-refractivity contribution in [3.63, 3.8) is 0 Å². The molecule has 0 fully saturated rings. The number of hydrogen-bond donors (Lipinski definition) is 0. The van der Waals surface area contributed by atoms with Crippen molar-refractivity contribution >= 4 is 22.0 Å². The summed E-state index contributed by atoms with van der Waals surface area (Å²) in [5, 5.41) is 0. The van der Waals surface area contributed by atoms with Gasteiger partial charge >= 0.3 is 0 Å². The lowest BCUT2D eigenvalue weighted by atomic mass is 9.98. The van der Waals surface area contributed by atoms with Crippen molar-refractivity contribution in [3.05, 3.63) is 62.9 Å². The molecule has 0 nitrogen and oxygen atoms in total. The first-order valence-electron chi connectivity index (χ1n) is 5.58. The molecule has 88 valence electrons. The van der Waals surface area contributed by atoms with Gasteiger partial charge in [-0.15, -0.1) is 0 Å². The summed E-state index contributed by atoms with van der Waals surface area (Å²) in [6.45, 7) is 4.17. The van der Waals surface area contributed by atoms with Crippen molar-refractivity contribution in [3.8, 4) is 0 Å². The lowest BCUT2D eigenvalue weighted by Crippen LogP contribution is -1.90. The van der Waals surface area contributed by atoms with Gasteiger partial charge in [-0.2, -0.15) is 0 Å². The molecule has 1 aliphatic rings. The van der Waals surface area contributed by atoms with Gasteiger partial charge in [0.15, 0.2) is 0 Å². The first-order valence-corrected chi connectivity index (χ1v) is 6.37. The average molecular weight is 293 g/mol. The minimum absolute atomic E-state index is 0.172. The molecule has 1 aromatic carbocycles. The zero-order valence-electron chi connectivity index (χ0n) is 9.93.